The van der Waals surface area contributed by atoms with Gasteiger partial charge in [-0.15, -0.1) is 0 Å². The number of hydrogen-bond acceptors (Lipinski definition) is 4. The molecule has 0 aliphatic heterocycles. The summed E-state index contributed by atoms with van der Waals surface area (Å²) in [7, 11) is 0. The second kappa shape index (κ2) is 9.65. The Bertz CT molecular complexity index is 1000. The van der Waals surface area contributed by atoms with E-state index in [9.17, 15) is 19.5 Å². The van der Waals surface area contributed by atoms with Crippen molar-refractivity contribution in [3.05, 3.63) is 59.7 Å². The molecule has 0 bridgehead atoms. The fourth-order valence-corrected chi connectivity index (χ4v) is 4.74. The predicted octanol–water partition coefficient (Wildman–Crippen LogP) is 4.06. The summed E-state index contributed by atoms with van der Waals surface area (Å²) >= 11 is 0. The zero-order valence-electron chi connectivity index (χ0n) is 18.8. The predicted molar refractivity (Wildman–Crippen MR) is 124 cm³/mol. The first-order valence-electron chi connectivity index (χ1n) is 11.5. The highest BCUT2D eigenvalue weighted by Gasteiger charge is 2.44. The minimum Gasteiger partial charge on any atom is -0.481 e. The lowest BCUT2D eigenvalue weighted by Gasteiger charge is -2.37. The van der Waals surface area contributed by atoms with Crippen LogP contribution in [-0.4, -0.2) is 42.3 Å². The van der Waals surface area contributed by atoms with Crippen molar-refractivity contribution in [1.82, 2.24) is 10.6 Å². The van der Waals surface area contributed by atoms with Gasteiger partial charge in [-0.25, -0.2) is 4.79 Å². The van der Waals surface area contributed by atoms with Crippen LogP contribution in [0.1, 0.15) is 56.1 Å². The molecule has 0 radical (unpaired) electrons. The Morgan fingerprint density at radius 3 is 2.18 bits per heavy atom. The molecule has 4 rings (SSSR count). The van der Waals surface area contributed by atoms with Crippen LogP contribution < -0.4 is 10.6 Å². The summed E-state index contributed by atoms with van der Waals surface area (Å²) in [5, 5.41) is 14.9. The van der Waals surface area contributed by atoms with Crippen molar-refractivity contribution in [3.8, 4) is 11.1 Å². The van der Waals surface area contributed by atoms with E-state index < -0.39 is 17.5 Å². The number of carbonyl (C=O) groups excluding carboxylic acids is 2. The van der Waals surface area contributed by atoms with Gasteiger partial charge in [-0.1, -0.05) is 61.9 Å². The van der Waals surface area contributed by atoms with Crippen LogP contribution in [0.5, 0.6) is 0 Å². The van der Waals surface area contributed by atoms with Crippen LogP contribution in [-0.2, 0) is 14.3 Å². The summed E-state index contributed by atoms with van der Waals surface area (Å²) in [6, 6.07) is 15.9. The highest BCUT2D eigenvalue weighted by Crippen LogP contribution is 2.44. The number of nitrogens with one attached hydrogen (secondary N) is 2. The lowest BCUT2D eigenvalue weighted by atomic mass is 9.69. The fourth-order valence-electron chi connectivity index (χ4n) is 4.74. The molecule has 0 heterocycles. The molecule has 2 aliphatic rings. The van der Waals surface area contributed by atoms with Gasteiger partial charge in [0.2, 0.25) is 5.91 Å². The first kappa shape index (κ1) is 22.8. The van der Waals surface area contributed by atoms with Crippen LogP contribution in [0.4, 0.5) is 4.79 Å². The van der Waals surface area contributed by atoms with Crippen LogP contribution in [0.2, 0.25) is 0 Å². The first-order valence-corrected chi connectivity index (χ1v) is 11.5. The zero-order valence-corrected chi connectivity index (χ0v) is 18.8. The second-order valence-corrected chi connectivity index (χ2v) is 8.99. The summed E-state index contributed by atoms with van der Waals surface area (Å²) in [5.41, 5.74) is 3.77. The summed E-state index contributed by atoms with van der Waals surface area (Å²) in [6.07, 6.45) is 2.11. The van der Waals surface area contributed by atoms with Gasteiger partial charge < -0.3 is 20.5 Å². The maximum absolute atomic E-state index is 12.5. The molecule has 1 atom stereocenters. The third kappa shape index (κ3) is 4.72. The minimum absolute atomic E-state index is 0.0267. The van der Waals surface area contributed by atoms with E-state index in [1.54, 1.807) is 0 Å². The Kier molecular flexibility index (Phi) is 6.67. The Hall–Kier alpha value is -3.35. The van der Waals surface area contributed by atoms with Gasteiger partial charge in [-0.05, 0) is 41.5 Å². The lowest BCUT2D eigenvalue weighted by molar-refractivity contribution is -0.154. The van der Waals surface area contributed by atoms with Gasteiger partial charge in [0.25, 0.3) is 0 Å². The van der Waals surface area contributed by atoms with E-state index in [2.05, 4.69) is 34.9 Å². The Balaban J connectivity index is 1.29. The minimum atomic E-state index is -0.863. The van der Waals surface area contributed by atoms with E-state index in [-0.39, 0.29) is 37.4 Å². The topological polar surface area (TPSA) is 105 Å². The quantitative estimate of drug-likeness (QED) is 0.534. The summed E-state index contributed by atoms with van der Waals surface area (Å²) in [5.74, 6) is -1.16. The highest BCUT2D eigenvalue weighted by atomic mass is 16.5. The first-order chi connectivity index (χ1) is 15.9. The van der Waals surface area contributed by atoms with Crippen molar-refractivity contribution in [1.29, 1.82) is 0 Å². The number of hydrogen-bond donors (Lipinski definition) is 3. The number of fused-ring (bicyclic) bond motifs is 3. The zero-order chi connectivity index (χ0) is 23.4. The second-order valence-electron chi connectivity index (χ2n) is 8.99. The fraction of sp³-hybridized carbons (Fsp3) is 0.423. The molecular weight excluding hydrogens is 420 g/mol. The van der Waals surface area contributed by atoms with Gasteiger partial charge in [0.05, 0.1) is 5.41 Å². The van der Waals surface area contributed by atoms with Gasteiger partial charge in [-0.3, -0.25) is 9.59 Å². The number of amides is 2. The van der Waals surface area contributed by atoms with Crippen molar-refractivity contribution in [3.63, 3.8) is 0 Å². The van der Waals surface area contributed by atoms with Crippen LogP contribution in [0, 0.1) is 5.41 Å². The van der Waals surface area contributed by atoms with Crippen molar-refractivity contribution in [2.75, 3.05) is 13.2 Å². The van der Waals surface area contributed by atoms with Crippen molar-refractivity contribution >= 4 is 18.0 Å². The molecule has 7 nitrogen and oxygen atoms in total. The van der Waals surface area contributed by atoms with Gasteiger partial charge in [0.1, 0.15) is 6.61 Å². The molecule has 3 N–H and O–H groups in total. The molecule has 1 fully saturated rings. The molecular formula is C26H30N2O5. The smallest absolute Gasteiger partial charge is 0.407 e. The molecule has 1 saturated carbocycles. The van der Waals surface area contributed by atoms with Crippen LogP contribution >= 0.6 is 0 Å². The highest BCUT2D eigenvalue weighted by molar-refractivity contribution is 5.81. The average molecular weight is 451 g/mol. The Morgan fingerprint density at radius 1 is 1.06 bits per heavy atom. The third-order valence-electron chi connectivity index (χ3n) is 6.98. The summed E-state index contributed by atoms with van der Waals surface area (Å²) in [4.78, 5) is 36.3. The molecule has 0 spiro atoms. The normalized spacial score (nSPS) is 16.6. The van der Waals surface area contributed by atoms with Crippen LogP contribution in [0.25, 0.3) is 11.1 Å². The number of benzene rings is 2. The van der Waals surface area contributed by atoms with Crippen LogP contribution in [0.15, 0.2) is 48.5 Å². The van der Waals surface area contributed by atoms with E-state index in [4.69, 9.17) is 4.74 Å². The molecule has 0 unspecified atom stereocenters. The van der Waals surface area contributed by atoms with Gasteiger partial charge in [-0.2, -0.15) is 0 Å². The number of ether oxygens (including phenoxy) is 1. The monoisotopic (exact) mass is 450 g/mol. The molecule has 2 aliphatic carbocycles. The summed E-state index contributed by atoms with van der Waals surface area (Å²) in [6.45, 7) is 2.22. The van der Waals surface area contributed by atoms with Gasteiger partial charge in [0.15, 0.2) is 0 Å². The molecule has 174 valence electrons. The number of alkyl carbamates (subject to hydrolysis) is 1. The number of carboxylic acid groups (broad SMARTS) is 1. The number of rotatable bonds is 9. The Morgan fingerprint density at radius 2 is 1.67 bits per heavy atom. The summed E-state index contributed by atoms with van der Waals surface area (Å²) < 4.78 is 5.57. The van der Waals surface area contributed by atoms with E-state index in [1.807, 2.05) is 31.2 Å². The number of carboxylic acids is 1. The largest absolute Gasteiger partial charge is 0.481 e. The standard InChI is InChI=1S/C26H30N2O5/c1-2-17(14-23(29)27-16-26(24(30)31)12-7-13-26)28-25(32)33-15-22-20-10-5-3-8-18(20)19-9-4-6-11-21(19)22/h3-6,8-11,17,22H,2,7,12-16H2,1H3,(H,27,29)(H,28,32)(H,30,31)/t17-/m1/s1. The maximum Gasteiger partial charge on any atom is 0.407 e. The van der Waals surface area contributed by atoms with Crippen molar-refractivity contribution in [2.24, 2.45) is 5.41 Å². The molecule has 0 saturated heterocycles. The average Bonchev–Trinajstić information content (AvgIpc) is 3.10. The van der Waals surface area contributed by atoms with E-state index in [0.717, 1.165) is 28.7 Å². The number of carbonyl (C=O) groups is 3. The molecule has 33 heavy (non-hydrogen) atoms. The molecule has 2 aromatic carbocycles. The van der Waals surface area contributed by atoms with E-state index in [1.165, 1.54) is 0 Å². The third-order valence-corrected chi connectivity index (χ3v) is 6.98. The van der Waals surface area contributed by atoms with Gasteiger partial charge in [0, 0.05) is 24.9 Å². The maximum atomic E-state index is 12.5. The SMILES string of the molecule is CC[C@H](CC(=O)NCC1(C(=O)O)CCC1)NC(=O)OCC1c2ccccc2-c2ccccc21. The van der Waals surface area contributed by atoms with E-state index in [0.29, 0.717) is 19.3 Å². The number of aliphatic carboxylic acids is 1. The van der Waals surface area contributed by atoms with Crippen molar-refractivity contribution < 1.29 is 24.2 Å². The molecule has 0 aromatic heterocycles. The molecule has 2 aromatic rings. The van der Waals surface area contributed by atoms with Gasteiger partial charge >= 0.3 is 12.1 Å². The Labute approximate surface area is 193 Å². The van der Waals surface area contributed by atoms with Crippen molar-refractivity contribution in [2.45, 2.75) is 51.0 Å². The molecule has 2 amide bonds. The molecule has 7 heteroatoms. The van der Waals surface area contributed by atoms with E-state index >= 15 is 0 Å². The lowest BCUT2D eigenvalue weighted by Crippen LogP contribution is -2.48. The van der Waals surface area contributed by atoms with Crippen LogP contribution in [0.3, 0.4) is 0 Å².